The highest BCUT2D eigenvalue weighted by molar-refractivity contribution is 5.85. The molecular formula is C14H29ClN2O. The first-order valence-electron chi connectivity index (χ1n) is 7.15. The average Bonchev–Trinajstić information content (AvgIpc) is 2.86. The molecule has 3 N–H and O–H groups in total. The van der Waals surface area contributed by atoms with Gasteiger partial charge in [0.15, 0.2) is 0 Å². The topological polar surface area (TPSA) is 55.1 Å². The third-order valence-corrected chi connectivity index (χ3v) is 4.30. The third kappa shape index (κ3) is 6.05. The molecule has 0 aromatic rings. The molecule has 0 unspecified atom stereocenters. The van der Waals surface area contributed by atoms with Crippen molar-refractivity contribution in [3.05, 3.63) is 0 Å². The van der Waals surface area contributed by atoms with Crippen molar-refractivity contribution in [1.82, 2.24) is 5.32 Å². The highest BCUT2D eigenvalue weighted by Gasteiger charge is 2.21. The number of carbonyl (C=O) groups is 1. The molecule has 1 saturated carbocycles. The number of carbonyl (C=O) groups excluding carboxylic acids is 1. The van der Waals surface area contributed by atoms with Gasteiger partial charge in [-0.15, -0.1) is 12.4 Å². The lowest BCUT2D eigenvalue weighted by Gasteiger charge is -2.26. The minimum Gasteiger partial charge on any atom is -0.354 e. The molecule has 0 heterocycles. The Morgan fingerprint density at radius 3 is 2.33 bits per heavy atom. The fourth-order valence-electron chi connectivity index (χ4n) is 2.50. The quantitative estimate of drug-likeness (QED) is 0.751. The van der Waals surface area contributed by atoms with Crippen LogP contribution < -0.4 is 11.1 Å². The maximum absolute atomic E-state index is 11.7. The lowest BCUT2D eigenvalue weighted by molar-refractivity contribution is -0.121. The van der Waals surface area contributed by atoms with Gasteiger partial charge in [-0.05, 0) is 25.2 Å². The Morgan fingerprint density at radius 1 is 1.28 bits per heavy atom. The number of hydrogen-bond acceptors (Lipinski definition) is 2. The van der Waals surface area contributed by atoms with Gasteiger partial charge in [-0.25, -0.2) is 0 Å². The first-order valence-corrected chi connectivity index (χ1v) is 7.15. The van der Waals surface area contributed by atoms with E-state index in [1.807, 2.05) is 0 Å². The van der Waals surface area contributed by atoms with E-state index in [2.05, 4.69) is 19.2 Å². The molecule has 0 aromatic carbocycles. The monoisotopic (exact) mass is 276 g/mol. The van der Waals surface area contributed by atoms with Crippen LogP contribution in [0.4, 0.5) is 0 Å². The Kier molecular flexibility index (Phi) is 8.62. The largest absolute Gasteiger partial charge is 0.354 e. The summed E-state index contributed by atoms with van der Waals surface area (Å²) in [6.45, 7) is 4.77. The lowest BCUT2D eigenvalue weighted by Crippen LogP contribution is -2.49. The normalized spacial score (nSPS) is 16.4. The van der Waals surface area contributed by atoms with Crippen molar-refractivity contribution in [3.8, 4) is 0 Å². The standard InChI is InChI=1S/C14H28N2O.ClH/c1-3-14(15,4-2)11-16-13(17)10-9-12-7-5-6-8-12;/h12H,3-11,15H2,1-2H3,(H,16,17);1H. The summed E-state index contributed by atoms with van der Waals surface area (Å²) in [7, 11) is 0. The molecule has 1 rings (SSSR count). The molecule has 1 aliphatic carbocycles. The van der Waals surface area contributed by atoms with Crippen LogP contribution in [0, 0.1) is 5.92 Å². The van der Waals surface area contributed by atoms with Crippen LogP contribution in [0.25, 0.3) is 0 Å². The first-order chi connectivity index (χ1) is 8.09. The Morgan fingerprint density at radius 2 is 1.83 bits per heavy atom. The van der Waals surface area contributed by atoms with E-state index in [1.54, 1.807) is 0 Å². The number of amides is 1. The van der Waals surface area contributed by atoms with Crippen molar-refractivity contribution in [2.75, 3.05) is 6.54 Å². The maximum atomic E-state index is 11.7. The molecule has 1 aliphatic rings. The van der Waals surface area contributed by atoms with E-state index in [-0.39, 0.29) is 23.9 Å². The predicted molar refractivity (Wildman–Crippen MR) is 79.0 cm³/mol. The fraction of sp³-hybridized carbons (Fsp3) is 0.929. The second-order valence-corrected chi connectivity index (χ2v) is 5.54. The zero-order valence-corrected chi connectivity index (χ0v) is 12.7. The van der Waals surface area contributed by atoms with Crippen LogP contribution in [0.15, 0.2) is 0 Å². The summed E-state index contributed by atoms with van der Waals surface area (Å²) in [6, 6.07) is 0. The van der Waals surface area contributed by atoms with Gasteiger partial charge >= 0.3 is 0 Å². The predicted octanol–water partition coefficient (Wildman–Crippen LogP) is 3.01. The van der Waals surface area contributed by atoms with E-state index < -0.39 is 0 Å². The van der Waals surface area contributed by atoms with E-state index in [0.717, 1.165) is 25.2 Å². The molecule has 0 radical (unpaired) electrons. The van der Waals surface area contributed by atoms with Gasteiger partial charge in [-0.2, -0.15) is 0 Å². The summed E-state index contributed by atoms with van der Waals surface area (Å²) in [4.78, 5) is 11.7. The Bertz CT molecular complexity index is 236. The third-order valence-electron chi connectivity index (χ3n) is 4.30. The lowest BCUT2D eigenvalue weighted by atomic mass is 9.94. The van der Waals surface area contributed by atoms with Crippen LogP contribution in [0.2, 0.25) is 0 Å². The molecule has 1 fully saturated rings. The van der Waals surface area contributed by atoms with Crippen LogP contribution in [0.3, 0.4) is 0 Å². The van der Waals surface area contributed by atoms with Crippen LogP contribution in [-0.2, 0) is 4.79 Å². The van der Waals surface area contributed by atoms with Crippen molar-refractivity contribution in [2.24, 2.45) is 11.7 Å². The van der Waals surface area contributed by atoms with E-state index in [0.29, 0.717) is 13.0 Å². The molecule has 108 valence electrons. The Hall–Kier alpha value is -0.280. The van der Waals surface area contributed by atoms with Crippen molar-refractivity contribution in [3.63, 3.8) is 0 Å². The van der Waals surface area contributed by atoms with Gasteiger partial charge < -0.3 is 11.1 Å². The molecule has 0 bridgehead atoms. The van der Waals surface area contributed by atoms with Crippen LogP contribution in [0.1, 0.15) is 65.2 Å². The van der Waals surface area contributed by atoms with E-state index in [4.69, 9.17) is 5.73 Å². The van der Waals surface area contributed by atoms with Gasteiger partial charge in [-0.3, -0.25) is 4.79 Å². The Labute approximate surface area is 118 Å². The van der Waals surface area contributed by atoms with E-state index in [9.17, 15) is 4.79 Å². The molecule has 0 spiro atoms. The minimum atomic E-state index is -0.219. The summed E-state index contributed by atoms with van der Waals surface area (Å²) in [6.07, 6.45) is 8.89. The molecule has 0 atom stereocenters. The van der Waals surface area contributed by atoms with E-state index in [1.165, 1.54) is 25.7 Å². The zero-order chi connectivity index (χ0) is 12.7. The number of hydrogen-bond donors (Lipinski definition) is 2. The summed E-state index contributed by atoms with van der Waals surface area (Å²) >= 11 is 0. The molecule has 4 heteroatoms. The van der Waals surface area contributed by atoms with Gasteiger partial charge in [-0.1, -0.05) is 39.5 Å². The zero-order valence-electron chi connectivity index (χ0n) is 11.8. The second-order valence-electron chi connectivity index (χ2n) is 5.54. The van der Waals surface area contributed by atoms with Crippen molar-refractivity contribution in [2.45, 2.75) is 70.8 Å². The first kappa shape index (κ1) is 17.7. The smallest absolute Gasteiger partial charge is 0.220 e. The molecule has 18 heavy (non-hydrogen) atoms. The highest BCUT2D eigenvalue weighted by Crippen LogP contribution is 2.28. The number of nitrogens with two attached hydrogens (primary N) is 1. The van der Waals surface area contributed by atoms with Gasteiger partial charge in [0, 0.05) is 18.5 Å². The second kappa shape index (κ2) is 8.76. The van der Waals surface area contributed by atoms with Gasteiger partial charge in [0.1, 0.15) is 0 Å². The number of nitrogens with one attached hydrogen (secondary N) is 1. The molecule has 1 amide bonds. The maximum Gasteiger partial charge on any atom is 0.220 e. The van der Waals surface area contributed by atoms with Gasteiger partial charge in [0.05, 0.1) is 0 Å². The summed E-state index contributed by atoms with van der Waals surface area (Å²) in [5, 5.41) is 2.99. The molecule has 0 aromatic heterocycles. The van der Waals surface area contributed by atoms with Crippen molar-refractivity contribution in [1.29, 1.82) is 0 Å². The van der Waals surface area contributed by atoms with Crippen molar-refractivity contribution < 1.29 is 4.79 Å². The number of rotatable bonds is 7. The Balaban J connectivity index is 0.00000289. The summed E-state index contributed by atoms with van der Waals surface area (Å²) in [5.74, 6) is 0.967. The van der Waals surface area contributed by atoms with Crippen LogP contribution >= 0.6 is 12.4 Å². The molecule has 0 aliphatic heterocycles. The summed E-state index contributed by atoms with van der Waals surface area (Å²) < 4.78 is 0. The number of halogens is 1. The fourth-order valence-corrected chi connectivity index (χ4v) is 2.50. The van der Waals surface area contributed by atoms with Crippen LogP contribution in [-0.4, -0.2) is 18.0 Å². The average molecular weight is 277 g/mol. The van der Waals surface area contributed by atoms with Crippen molar-refractivity contribution >= 4 is 18.3 Å². The van der Waals surface area contributed by atoms with Gasteiger partial charge in [0.2, 0.25) is 5.91 Å². The van der Waals surface area contributed by atoms with E-state index >= 15 is 0 Å². The molecular weight excluding hydrogens is 248 g/mol. The summed E-state index contributed by atoms with van der Waals surface area (Å²) in [5.41, 5.74) is 5.93. The highest BCUT2D eigenvalue weighted by atomic mass is 35.5. The SMILES string of the molecule is CCC(N)(CC)CNC(=O)CCC1CCCC1.Cl. The molecule has 0 saturated heterocycles. The minimum absolute atomic E-state index is 0. The molecule has 3 nitrogen and oxygen atoms in total. The van der Waals surface area contributed by atoms with Gasteiger partial charge in [0.25, 0.3) is 0 Å². The van der Waals surface area contributed by atoms with Crippen LogP contribution in [0.5, 0.6) is 0 Å².